The molecule has 1 saturated heterocycles. The van der Waals surface area contributed by atoms with Crippen molar-refractivity contribution < 1.29 is 9.84 Å². The summed E-state index contributed by atoms with van der Waals surface area (Å²) in [6.07, 6.45) is 4.23. The highest BCUT2D eigenvalue weighted by atomic mass is 16.6. The fourth-order valence-corrected chi connectivity index (χ4v) is 2.86. The van der Waals surface area contributed by atoms with Gasteiger partial charge in [-0.2, -0.15) is 0 Å². The van der Waals surface area contributed by atoms with E-state index in [0.29, 0.717) is 11.3 Å². The topological polar surface area (TPSA) is 29.5 Å². The first-order valence-corrected chi connectivity index (χ1v) is 5.36. The molecule has 13 heavy (non-hydrogen) atoms. The first-order chi connectivity index (χ1) is 6.07. The molecule has 0 aromatic heterocycles. The third kappa shape index (κ3) is 2.05. The maximum atomic E-state index is 9.36. The average Bonchev–Trinajstić information content (AvgIpc) is 2.05. The Labute approximate surface area is 80.3 Å². The number of fused-ring (bicyclic) bond motifs is 1. The summed E-state index contributed by atoms with van der Waals surface area (Å²) in [4.78, 5) is 0. The molecule has 2 fully saturated rings. The Hall–Kier alpha value is -0.0800. The lowest BCUT2D eigenvalue weighted by Gasteiger charge is -2.44. The minimum absolute atomic E-state index is 0.484. The summed E-state index contributed by atoms with van der Waals surface area (Å²) in [7, 11) is 0. The van der Waals surface area contributed by atoms with Crippen LogP contribution in [0.4, 0.5) is 0 Å². The summed E-state index contributed by atoms with van der Waals surface area (Å²) < 4.78 is 5.30. The zero-order valence-corrected chi connectivity index (χ0v) is 8.62. The van der Waals surface area contributed by atoms with Gasteiger partial charge in [0.25, 0.3) is 0 Å². The first kappa shape index (κ1) is 9.47. The van der Waals surface area contributed by atoms with Gasteiger partial charge in [-0.05, 0) is 36.5 Å². The second-order valence-electron chi connectivity index (χ2n) is 5.45. The molecule has 0 radical (unpaired) electrons. The van der Waals surface area contributed by atoms with Crippen molar-refractivity contribution in [3.8, 4) is 0 Å². The monoisotopic (exact) mass is 184 g/mol. The highest BCUT2D eigenvalue weighted by molar-refractivity contribution is 4.87. The summed E-state index contributed by atoms with van der Waals surface area (Å²) in [5, 5.41) is 9.36. The Morgan fingerprint density at radius 2 is 2.08 bits per heavy atom. The molecule has 1 heterocycles. The zero-order valence-electron chi connectivity index (χ0n) is 8.62. The Morgan fingerprint density at radius 3 is 2.85 bits per heavy atom. The molecule has 1 N–H and O–H groups in total. The number of hydrogen-bond donors (Lipinski definition) is 1. The van der Waals surface area contributed by atoms with Gasteiger partial charge in [-0.15, -0.1) is 0 Å². The molecule has 0 bridgehead atoms. The maximum Gasteiger partial charge on any atom is 0.154 e. The smallest absolute Gasteiger partial charge is 0.154 e. The molecule has 0 aromatic carbocycles. The predicted octanol–water partition coefficient (Wildman–Crippen LogP) is 2.17. The van der Waals surface area contributed by atoms with Gasteiger partial charge in [0, 0.05) is 6.42 Å². The molecule has 76 valence electrons. The largest absolute Gasteiger partial charge is 0.368 e. The molecule has 1 aliphatic heterocycles. The molecule has 2 rings (SSSR count). The van der Waals surface area contributed by atoms with Crippen LogP contribution >= 0.6 is 0 Å². The molecule has 2 unspecified atom stereocenters. The van der Waals surface area contributed by atoms with Crippen molar-refractivity contribution in [2.75, 3.05) is 6.61 Å². The number of hydrogen-bond acceptors (Lipinski definition) is 2. The number of aliphatic hydroxyl groups excluding tert-OH is 1. The van der Waals surface area contributed by atoms with Crippen LogP contribution in [0.1, 0.15) is 39.5 Å². The summed E-state index contributed by atoms with van der Waals surface area (Å²) in [6, 6.07) is 0. The average molecular weight is 184 g/mol. The van der Waals surface area contributed by atoms with Crippen LogP contribution in [0.2, 0.25) is 0 Å². The Morgan fingerprint density at radius 1 is 1.31 bits per heavy atom. The quantitative estimate of drug-likeness (QED) is 0.625. The molecule has 2 heteroatoms. The van der Waals surface area contributed by atoms with Crippen molar-refractivity contribution in [3.63, 3.8) is 0 Å². The van der Waals surface area contributed by atoms with Crippen LogP contribution in [0.15, 0.2) is 0 Å². The van der Waals surface area contributed by atoms with Gasteiger partial charge in [0.05, 0.1) is 6.61 Å². The van der Waals surface area contributed by atoms with Crippen molar-refractivity contribution >= 4 is 0 Å². The van der Waals surface area contributed by atoms with Gasteiger partial charge in [-0.1, -0.05) is 13.8 Å². The zero-order chi connectivity index (χ0) is 9.47. The molecular weight excluding hydrogens is 164 g/mol. The van der Waals surface area contributed by atoms with Crippen LogP contribution in [0.3, 0.4) is 0 Å². The minimum atomic E-state index is -0.484. The van der Waals surface area contributed by atoms with E-state index in [4.69, 9.17) is 4.74 Å². The van der Waals surface area contributed by atoms with E-state index >= 15 is 0 Å². The van der Waals surface area contributed by atoms with Gasteiger partial charge in [0.1, 0.15) is 0 Å². The fraction of sp³-hybridized carbons (Fsp3) is 1.00. The number of ether oxygens (including phenoxy) is 1. The van der Waals surface area contributed by atoms with Crippen LogP contribution in [-0.4, -0.2) is 18.0 Å². The SMILES string of the molecule is CC1(C)CCC2CC(O)OC[C@H]2C1. The van der Waals surface area contributed by atoms with Crippen molar-refractivity contribution in [1.29, 1.82) is 0 Å². The van der Waals surface area contributed by atoms with Gasteiger partial charge < -0.3 is 9.84 Å². The highest BCUT2D eigenvalue weighted by Gasteiger charge is 2.38. The van der Waals surface area contributed by atoms with Gasteiger partial charge in [0.2, 0.25) is 0 Å². The number of aliphatic hydroxyl groups is 1. The molecule has 0 spiro atoms. The van der Waals surface area contributed by atoms with Crippen molar-refractivity contribution in [1.82, 2.24) is 0 Å². The van der Waals surface area contributed by atoms with Crippen LogP contribution in [0.5, 0.6) is 0 Å². The predicted molar refractivity (Wildman–Crippen MR) is 51.2 cm³/mol. The van der Waals surface area contributed by atoms with E-state index < -0.39 is 6.29 Å². The second kappa shape index (κ2) is 3.25. The Bertz CT molecular complexity index is 189. The Kier molecular flexibility index (Phi) is 2.37. The van der Waals surface area contributed by atoms with E-state index in [9.17, 15) is 5.11 Å². The molecule has 1 saturated carbocycles. The normalized spacial score (nSPS) is 44.1. The third-order valence-corrected chi connectivity index (χ3v) is 3.68. The third-order valence-electron chi connectivity index (χ3n) is 3.68. The van der Waals surface area contributed by atoms with Crippen LogP contribution < -0.4 is 0 Å². The van der Waals surface area contributed by atoms with E-state index in [0.717, 1.165) is 18.9 Å². The standard InChI is InChI=1S/C11H20O2/c1-11(2)4-3-8-5-10(12)13-7-9(8)6-11/h8-10,12H,3-7H2,1-2H3/t8?,9-,10?/m1/s1. The molecule has 0 amide bonds. The van der Waals surface area contributed by atoms with Crippen molar-refractivity contribution in [3.05, 3.63) is 0 Å². The molecule has 2 aliphatic rings. The van der Waals surface area contributed by atoms with Crippen LogP contribution in [0.25, 0.3) is 0 Å². The van der Waals surface area contributed by atoms with Gasteiger partial charge in [-0.25, -0.2) is 0 Å². The molecule has 2 nitrogen and oxygen atoms in total. The molecule has 3 atom stereocenters. The summed E-state index contributed by atoms with van der Waals surface area (Å²) in [5.41, 5.74) is 0.493. The molecule has 1 aliphatic carbocycles. The van der Waals surface area contributed by atoms with E-state index in [-0.39, 0.29) is 0 Å². The van der Waals surface area contributed by atoms with Crippen molar-refractivity contribution in [2.24, 2.45) is 17.3 Å². The highest BCUT2D eigenvalue weighted by Crippen LogP contribution is 2.45. The van der Waals surface area contributed by atoms with E-state index in [1.54, 1.807) is 0 Å². The first-order valence-electron chi connectivity index (χ1n) is 5.36. The minimum Gasteiger partial charge on any atom is -0.368 e. The lowest BCUT2D eigenvalue weighted by molar-refractivity contribution is -0.172. The van der Waals surface area contributed by atoms with E-state index in [1.807, 2.05) is 0 Å². The fourth-order valence-electron chi connectivity index (χ4n) is 2.86. The summed E-state index contributed by atoms with van der Waals surface area (Å²) in [6.45, 7) is 5.46. The van der Waals surface area contributed by atoms with Crippen LogP contribution in [-0.2, 0) is 4.74 Å². The second-order valence-corrected chi connectivity index (χ2v) is 5.45. The summed E-state index contributed by atoms with van der Waals surface area (Å²) >= 11 is 0. The van der Waals surface area contributed by atoms with E-state index in [2.05, 4.69) is 13.8 Å². The van der Waals surface area contributed by atoms with Crippen molar-refractivity contribution in [2.45, 2.75) is 45.8 Å². The van der Waals surface area contributed by atoms with E-state index in [1.165, 1.54) is 19.3 Å². The molecular formula is C11H20O2. The molecule has 0 aromatic rings. The summed E-state index contributed by atoms with van der Waals surface area (Å²) in [5.74, 6) is 1.42. The van der Waals surface area contributed by atoms with Crippen LogP contribution in [0, 0.1) is 17.3 Å². The maximum absolute atomic E-state index is 9.36. The van der Waals surface area contributed by atoms with Gasteiger partial charge >= 0.3 is 0 Å². The van der Waals surface area contributed by atoms with Gasteiger partial charge in [-0.3, -0.25) is 0 Å². The van der Waals surface area contributed by atoms with Gasteiger partial charge in [0.15, 0.2) is 6.29 Å². The number of rotatable bonds is 0. The Balaban J connectivity index is 1.98. The lowest BCUT2D eigenvalue weighted by atomic mass is 9.66. The lowest BCUT2D eigenvalue weighted by Crippen LogP contribution is -2.39.